The minimum Gasteiger partial charge on any atom is -0.455 e. The van der Waals surface area contributed by atoms with Crippen LogP contribution in [-0.4, -0.2) is 0 Å². The smallest absolute Gasteiger partial charge is 0.144 e. The first-order valence-electron chi connectivity index (χ1n) is 17.8. The van der Waals surface area contributed by atoms with Gasteiger partial charge in [0.25, 0.3) is 0 Å². The third kappa shape index (κ3) is 4.31. The first-order chi connectivity index (χ1) is 25.8. The number of hydrogen-bond donors (Lipinski definition) is 0. The molecule has 0 saturated carbocycles. The van der Waals surface area contributed by atoms with Gasteiger partial charge in [-0.05, 0) is 85.1 Å². The SMILES string of the molecule is c1ccc(-c2ccc3oc(-c4c5ccccc5c(-c5ccc6oc7c8ccccc8ccc7c6c5)c5ccccc45)c(-c4ccccc4)c3c2)cc1. The van der Waals surface area contributed by atoms with E-state index in [0.717, 1.165) is 82.6 Å². The Morgan fingerprint density at radius 3 is 1.50 bits per heavy atom. The third-order valence-electron chi connectivity index (χ3n) is 10.7. The summed E-state index contributed by atoms with van der Waals surface area (Å²) in [6.45, 7) is 0. The molecule has 9 aromatic carbocycles. The normalized spacial score (nSPS) is 11.8. The van der Waals surface area contributed by atoms with Crippen molar-refractivity contribution in [3.8, 4) is 44.7 Å². The van der Waals surface area contributed by atoms with E-state index in [9.17, 15) is 0 Å². The van der Waals surface area contributed by atoms with E-state index in [1.807, 2.05) is 0 Å². The van der Waals surface area contributed by atoms with E-state index in [0.29, 0.717) is 0 Å². The lowest BCUT2D eigenvalue weighted by Gasteiger charge is -2.17. The Hall–Kier alpha value is -6.90. The largest absolute Gasteiger partial charge is 0.455 e. The summed E-state index contributed by atoms with van der Waals surface area (Å²) in [6, 6.07) is 64.9. The highest BCUT2D eigenvalue weighted by Crippen LogP contribution is 2.50. The minimum atomic E-state index is 0.871. The molecule has 2 heterocycles. The van der Waals surface area contributed by atoms with Crippen LogP contribution in [0.1, 0.15) is 0 Å². The second kappa shape index (κ2) is 11.3. The fraction of sp³-hybridized carbons (Fsp3) is 0. The number of hydrogen-bond acceptors (Lipinski definition) is 2. The summed E-state index contributed by atoms with van der Waals surface area (Å²) in [6.07, 6.45) is 0. The Kier molecular flexibility index (Phi) is 6.28. The standard InChI is InChI=1S/C50H30O2/c1-3-13-31(14-4-1)34-24-27-45-43(29-34)47(33-16-5-2-6-17-33)50(52-45)48-39-21-11-9-19-37(39)46(38-20-10-12-22-40(38)48)35-25-28-44-42(30-35)41-26-23-32-15-7-8-18-36(32)49(41)51-44/h1-30H. The van der Waals surface area contributed by atoms with Gasteiger partial charge in [0.05, 0.1) is 0 Å². The van der Waals surface area contributed by atoms with Crippen LogP contribution < -0.4 is 0 Å². The van der Waals surface area contributed by atoms with Gasteiger partial charge in [0.2, 0.25) is 0 Å². The van der Waals surface area contributed by atoms with Crippen molar-refractivity contribution in [2.45, 2.75) is 0 Å². The zero-order chi connectivity index (χ0) is 34.2. The number of furan rings is 2. The van der Waals surface area contributed by atoms with Gasteiger partial charge in [-0.3, -0.25) is 0 Å². The molecular formula is C50H30O2. The summed E-state index contributed by atoms with van der Waals surface area (Å²) in [5.74, 6) is 0.883. The average molecular weight is 663 g/mol. The van der Waals surface area contributed by atoms with Crippen LogP contribution in [0.5, 0.6) is 0 Å². The van der Waals surface area contributed by atoms with Gasteiger partial charge in [-0.15, -0.1) is 0 Å². The van der Waals surface area contributed by atoms with Crippen LogP contribution in [0, 0.1) is 0 Å². The molecule has 0 bridgehead atoms. The van der Waals surface area contributed by atoms with Crippen LogP contribution in [0.3, 0.4) is 0 Å². The second-order valence-corrected chi connectivity index (χ2v) is 13.6. The fourth-order valence-electron chi connectivity index (χ4n) is 8.32. The van der Waals surface area contributed by atoms with E-state index in [1.165, 1.54) is 27.3 Å². The summed E-state index contributed by atoms with van der Waals surface area (Å²) >= 11 is 0. The Morgan fingerprint density at radius 1 is 0.269 bits per heavy atom. The van der Waals surface area contributed by atoms with Crippen LogP contribution in [0.25, 0.3) is 110 Å². The lowest BCUT2D eigenvalue weighted by molar-refractivity contribution is 0.634. The predicted molar refractivity (Wildman–Crippen MR) is 218 cm³/mol. The molecule has 0 aliphatic heterocycles. The van der Waals surface area contributed by atoms with Gasteiger partial charge < -0.3 is 8.83 Å². The molecule has 242 valence electrons. The van der Waals surface area contributed by atoms with E-state index in [-0.39, 0.29) is 0 Å². The van der Waals surface area contributed by atoms with Crippen LogP contribution >= 0.6 is 0 Å². The molecule has 11 rings (SSSR count). The van der Waals surface area contributed by atoms with Crippen molar-refractivity contribution >= 4 is 65.2 Å². The molecule has 11 aromatic rings. The highest BCUT2D eigenvalue weighted by Gasteiger charge is 2.24. The van der Waals surface area contributed by atoms with Crippen LogP contribution in [0.2, 0.25) is 0 Å². The summed E-state index contributed by atoms with van der Waals surface area (Å²) in [5.41, 5.74) is 10.7. The predicted octanol–water partition coefficient (Wildman–Crippen LogP) is 14.5. The molecule has 0 N–H and O–H groups in total. The molecule has 2 heteroatoms. The third-order valence-corrected chi connectivity index (χ3v) is 10.7. The van der Waals surface area contributed by atoms with Crippen molar-refractivity contribution in [1.82, 2.24) is 0 Å². The molecular weight excluding hydrogens is 633 g/mol. The van der Waals surface area contributed by atoms with E-state index < -0.39 is 0 Å². The molecule has 0 spiro atoms. The van der Waals surface area contributed by atoms with Gasteiger partial charge in [0, 0.05) is 32.7 Å². The van der Waals surface area contributed by atoms with E-state index in [4.69, 9.17) is 8.83 Å². The molecule has 2 nitrogen and oxygen atoms in total. The van der Waals surface area contributed by atoms with E-state index >= 15 is 0 Å². The van der Waals surface area contributed by atoms with Crippen molar-refractivity contribution in [2.75, 3.05) is 0 Å². The van der Waals surface area contributed by atoms with Crippen molar-refractivity contribution in [3.05, 3.63) is 182 Å². The Balaban J connectivity index is 1.21. The summed E-state index contributed by atoms with van der Waals surface area (Å²) in [7, 11) is 0. The first-order valence-corrected chi connectivity index (χ1v) is 17.8. The Morgan fingerprint density at radius 2 is 0.808 bits per heavy atom. The van der Waals surface area contributed by atoms with Crippen molar-refractivity contribution in [3.63, 3.8) is 0 Å². The van der Waals surface area contributed by atoms with Crippen LogP contribution in [-0.2, 0) is 0 Å². The molecule has 0 amide bonds. The Labute approximate surface area is 299 Å². The molecule has 52 heavy (non-hydrogen) atoms. The van der Waals surface area contributed by atoms with Crippen LogP contribution in [0.15, 0.2) is 191 Å². The monoisotopic (exact) mass is 662 g/mol. The Bertz CT molecular complexity index is 3110. The average Bonchev–Trinajstić information content (AvgIpc) is 3.78. The van der Waals surface area contributed by atoms with Gasteiger partial charge in [0.15, 0.2) is 0 Å². The minimum absolute atomic E-state index is 0.871. The molecule has 0 radical (unpaired) electrons. The van der Waals surface area contributed by atoms with Gasteiger partial charge in [-0.25, -0.2) is 0 Å². The zero-order valence-corrected chi connectivity index (χ0v) is 28.1. The highest BCUT2D eigenvalue weighted by atomic mass is 16.3. The fourth-order valence-corrected chi connectivity index (χ4v) is 8.32. The van der Waals surface area contributed by atoms with Gasteiger partial charge >= 0.3 is 0 Å². The van der Waals surface area contributed by atoms with Crippen molar-refractivity contribution in [1.29, 1.82) is 0 Å². The first kappa shape index (κ1) is 28.9. The zero-order valence-electron chi connectivity index (χ0n) is 28.1. The molecule has 0 saturated heterocycles. The van der Waals surface area contributed by atoms with Crippen molar-refractivity contribution in [2.24, 2.45) is 0 Å². The molecule has 2 aromatic heterocycles. The number of benzene rings is 9. The lowest BCUT2D eigenvalue weighted by atomic mass is 9.85. The number of fused-ring (bicyclic) bond motifs is 8. The topological polar surface area (TPSA) is 26.3 Å². The maximum Gasteiger partial charge on any atom is 0.144 e. The second-order valence-electron chi connectivity index (χ2n) is 13.6. The van der Waals surface area contributed by atoms with Gasteiger partial charge in [0.1, 0.15) is 22.5 Å². The maximum atomic E-state index is 7.01. The quantitative estimate of drug-likeness (QED) is 0.175. The summed E-state index contributed by atoms with van der Waals surface area (Å²) in [5, 5.41) is 10.3. The summed E-state index contributed by atoms with van der Waals surface area (Å²) < 4.78 is 13.5. The number of rotatable bonds is 4. The molecule has 0 aliphatic carbocycles. The molecule has 0 fully saturated rings. The van der Waals surface area contributed by atoms with E-state index in [1.54, 1.807) is 0 Å². The van der Waals surface area contributed by atoms with E-state index in [2.05, 4.69) is 182 Å². The summed E-state index contributed by atoms with van der Waals surface area (Å²) in [4.78, 5) is 0. The molecule has 0 aliphatic rings. The van der Waals surface area contributed by atoms with Crippen LogP contribution in [0.4, 0.5) is 0 Å². The molecule has 0 atom stereocenters. The lowest BCUT2D eigenvalue weighted by Crippen LogP contribution is -1.91. The van der Waals surface area contributed by atoms with Gasteiger partial charge in [-0.2, -0.15) is 0 Å². The maximum absolute atomic E-state index is 7.01. The highest BCUT2D eigenvalue weighted by molar-refractivity contribution is 6.24. The molecule has 0 unspecified atom stereocenters. The van der Waals surface area contributed by atoms with Crippen molar-refractivity contribution < 1.29 is 8.83 Å². The van der Waals surface area contributed by atoms with Gasteiger partial charge in [-0.1, -0.05) is 152 Å².